The van der Waals surface area contributed by atoms with Crippen molar-refractivity contribution < 1.29 is 4.39 Å². The first-order valence-corrected chi connectivity index (χ1v) is 5.88. The highest BCUT2D eigenvalue weighted by molar-refractivity contribution is 6.31. The van der Waals surface area contributed by atoms with Gasteiger partial charge in [-0.25, -0.2) is 4.39 Å². The van der Waals surface area contributed by atoms with E-state index < -0.39 is 0 Å². The summed E-state index contributed by atoms with van der Waals surface area (Å²) in [6, 6.07) is 6.22. The normalized spacial score (nSPS) is 12.7. The van der Waals surface area contributed by atoms with Crippen LogP contribution in [0.2, 0.25) is 5.02 Å². The van der Waals surface area contributed by atoms with Gasteiger partial charge in [0.05, 0.1) is 11.7 Å². The molecule has 0 amide bonds. The van der Waals surface area contributed by atoms with Gasteiger partial charge >= 0.3 is 0 Å². The standard InChI is InChI=1S/C12H14ClFN4/c1-18-12(5-6-16-18)11(17-15)7-8-9(13)3-2-4-10(8)14/h2-6,11,17H,7,15H2,1H3. The monoisotopic (exact) mass is 268 g/mol. The quantitative estimate of drug-likeness (QED) is 0.658. The number of benzene rings is 1. The van der Waals surface area contributed by atoms with Crippen molar-refractivity contribution in [2.24, 2.45) is 12.9 Å². The molecule has 0 aliphatic rings. The Morgan fingerprint density at radius 2 is 2.28 bits per heavy atom. The molecule has 1 aromatic carbocycles. The molecule has 1 aromatic heterocycles. The molecule has 0 saturated heterocycles. The zero-order valence-corrected chi connectivity index (χ0v) is 10.7. The van der Waals surface area contributed by atoms with Crippen molar-refractivity contribution in [3.63, 3.8) is 0 Å². The first-order chi connectivity index (χ1) is 8.63. The summed E-state index contributed by atoms with van der Waals surface area (Å²) in [5.41, 5.74) is 3.98. The number of halogens is 2. The molecule has 0 saturated carbocycles. The number of hydrogen-bond donors (Lipinski definition) is 2. The number of nitrogens with two attached hydrogens (primary N) is 1. The molecule has 6 heteroatoms. The lowest BCUT2D eigenvalue weighted by Gasteiger charge is -2.17. The van der Waals surface area contributed by atoms with Crippen LogP contribution in [-0.4, -0.2) is 9.78 Å². The molecule has 2 rings (SSSR count). The van der Waals surface area contributed by atoms with Crippen LogP contribution in [0.3, 0.4) is 0 Å². The number of aromatic nitrogens is 2. The van der Waals surface area contributed by atoms with Crippen molar-refractivity contribution in [3.8, 4) is 0 Å². The summed E-state index contributed by atoms with van der Waals surface area (Å²) in [5, 5.41) is 4.47. The molecular formula is C12H14ClFN4. The first-order valence-electron chi connectivity index (χ1n) is 5.50. The van der Waals surface area contributed by atoms with Gasteiger partial charge in [-0.3, -0.25) is 16.0 Å². The van der Waals surface area contributed by atoms with Gasteiger partial charge in [-0.1, -0.05) is 17.7 Å². The fourth-order valence-electron chi connectivity index (χ4n) is 1.91. The zero-order valence-electron chi connectivity index (χ0n) is 9.90. The highest BCUT2D eigenvalue weighted by Crippen LogP contribution is 2.25. The molecule has 96 valence electrons. The molecule has 0 aliphatic carbocycles. The summed E-state index contributed by atoms with van der Waals surface area (Å²) in [6.45, 7) is 0. The first kappa shape index (κ1) is 13.0. The Balaban J connectivity index is 2.29. The maximum atomic E-state index is 13.7. The molecule has 0 radical (unpaired) electrons. The summed E-state index contributed by atoms with van der Waals surface area (Å²) < 4.78 is 15.4. The van der Waals surface area contributed by atoms with Crippen LogP contribution < -0.4 is 11.3 Å². The van der Waals surface area contributed by atoms with Crippen molar-refractivity contribution in [2.75, 3.05) is 0 Å². The number of nitrogens with one attached hydrogen (secondary N) is 1. The fourth-order valence-corrected chi connectivity index (χ4v) is 2.15. The second-order valence-corrected chi connectivity index (χ2v) is 4.41. The van der Waals surface area contributed by atoms with Gasteiger partial charge in [-0.15, -0.1) is 0 Å². The van der Waals surface area contributed by atoms with E-state index in [2.05, 4.69) is 10.5 Å². The van der Waals surface area contributed by atoms with Gasteiger partial charge in [0.15, 0.2) is 0 Å². The fraction of sp³-hybridized carbons (Fsp3) is 0.250. The van der Waals surface area contributed by atoms with Crippen LogP contribution in [0.1, 0.15) is 17.3 Å². The van der Waals surface area contributed by atoms with Gasteiger partial charge in [-0.2, -0.15) is 5.10 Å². The Morgan fingerprint density at radius 1 is 1.50 bits per heavy atom. The number of rotatable bonds is 4. The van der Waals surface area contributed by atoms with Crippen molar-refractivity contribution >= 4 is 11.6 Å². The second-order valence-electron chi connectivity index (χ2n) is 4.00. The summed E-state index contributed by atoms with van der Waals surface area (Å²) in [4.78, 5) is 0. The molecule has 3 N–H and O–H groups in total. The number of hydrazine groups is 1. The van der Waals surface area contributed by atoms with Crippen LogP contribution in [0.4, 0.5) is 4.39 Å². The van der Waals surface area contributed by atoms with Gasteiger partial charge in [0.1, 0.15) is 5.82 Å². The molecule has 2 aromatic rings. The van der Waals surface area contributed by atoms with E-state index in [1.165, 1.54) is 6.07 Å². The van der Waals surface area contributed by atoms with Crippen LogP contribution in [0.15, 0.2) is 30.5 Å². The molecule has 0 fully saturated rings. The largest absolute Gasteiger partial charge is 0.271 e. The van der Waals surface area contributed by atoms with Gasteiger partial charge in [0.2, 0.25) is 0 Å². The Kier molecular flexibility index (Phi) is 3.96. The van der Waals surface area contributed by atoms with Crippen LogP contribution in [0, 0.1) is 5.82 Å². The molecule has 4 nitrogen and oxygen atoms in total. The Morgan fingerprint density at radius 3 is 2.83 bits per heavy atom. The Bertz CT molecular complexity index is 520. The third-order valence-corrected chi connectivity index (χ3v) is 3.24. The van der Waals surface area contributed by atoms with E-state index in [1.807, 2.05) is 13.1 Å². The third-order valence-electron chi connectivity index (χ3n) is 2.89. The summed E-state index contributed by atoms with van der Waals surface area (Å²) >= 11 is 6.00. The molecule has 0 aliphatic heterocycles. The van der Waals surface area contributed by atoms with Crippen molar-refractivity contribution in [1.82, 2.24) is 15.2 Å². The van der Waals surface area contributed by atoms with Crippen molar-refractivity contribution in [3.05, 3.63) is 52.6 Å². The minimum atomic E-state index is -0.329. The SMILES string of the molecule is Cn1nccc1C(Cc1c(F)cccc1Cl)NN. The van der Waals surface area contributed by atoms with Crippen LogP contribution in [0.5, 0.6) is 0 Å². The van der Waals surface area contributed by atoms with Gasteiger partial charge in [-0.05, 0) is 24.6 Å². The lowest BCUT2D eigenvalue weighted by Crippen LogP contribution is -2.31. The summed E-state index contributed by atoms with van der Waals surface area (Å²) in [5.74, 6) is 5.20. The molecule has 0 bridgehead atoms. The minimum Gasteiger partial charge on any atom is -0.271 e. The van der Waals surface area contributed by atoms with Gasteiger partial charge in [0, 0.05) is 23.8 Å². The van der Waals surface area contributed by atoms with E-state index in [4.69, 9.17) is 17.4 Å². The van der Waals surface area contributed by atoms with Gasteiger partial charge < -0.3 is 0 Å². The number of nitrogens with zero attached hydrogens (tertiary/aromatic N) is 2. The number of aryl methyl sites for hydroxylation is 1. The predicted molar refractivity (Wildman–Crippen MR) is 68.4 cm³/mol. The summed E-state index contributed by atoms with van der Waals surface area (Å²) in [7, 11) is 1.81. The van der Waals surface area contributed by atoms with Gasteiger partial charge in [0.25, 0.3) is 0 Å². The van der Waals surface area contributed by atoms with E-state index in [0.717, 1.165) is 5.69 Å². The minimum absolute atomic E-state index is 0.244. The topological polar surface area (TPSA) is 55.9 Å². The maximum absolute atomic E-state index is 13.7. The van der Waals surface area contributed by atoms with Crippen molar-refractivity contribution in [2.45, 2.75) is 12.5 Å². The second kappa shape index (κ2) is 5.48. The Labute approximate surface area is 110 Å². The Hall–Kier alpha value is -1.43. The third kappa shape index (κ3) is 2.53. The molecule has 0 spiro atoms. The molecule has 1 atom stereocenters. The van der Waals surface area contributed by atoms with E-state index in [0.29, 0.717) is 17.0 Å². The predicted octanol–water partition coefficient (Wildman–Crippen LogP) is 1.96. The molecule has 1 unspecified atom stereocenters. The molecule has 18 heavy (non-hydrogen) atoms. The molecule has 1 heterocycles. The van der Waals surface area contributed by atoms with E-state index in [9.17, 15) is 4.39 Å². The van der Waals surface area contributed by atoms with E-state index >= 15 is 0 Å². The maximum Gasteiger partial charge on any atom is 0.127 e. The van der Waals surface area contributed by atoms with E-state index in [-0.39, 0.29) is 11.9 Å². The number of hydrogen-bond acceptors (Lipinski definition) is 3. The average Bonchev–Trinajstić information content (AvgIpc) is 2.76. The van der Waals surface area contributed by atoms with Crippen LogP contribution in [-0.2, 0) is 13.5 Å². The van der Waals surface area contributed by atoms with Crippen molar-refractivity contribution in [1.29, 1.82) is 0 Å². The lowest BCUT2D eigenvalue weighted by molar-refractivity contribution is 0.495. The lowest BCUT2D eigenvalue weighted by atomic mass is 10.0. The average molecular weight is 269 g/mol. The highest BCUT2D eigenvalue weighted by atomic mass is 35.5. The van der Waals surface area contributed by atoms with E-state index in [1.54, 1.807) is 23.0 Å². The smallest absolute Gasteiger partial charge is 0.127 e. The highest BCUT2D eigenvalue weighted by Gasteiger charge is 2.17. The molecular weight excluding hydrogens is 255 g/mol. The van der Waals surface area contributed by atoms with Crippen LogP contribution in [0.25, 0.3) is 0 Å². The summed E-state index contributed by atoms with van der Waals surface area (Å²) in [6.07, 6.45) is 2.03. The van der Waals surface area contributed by atoms with Crippen LogP contribution >= 0.6 is 11.6 Å². The zero-order chi connectivity index (χ0) is 13.1.